The van der Waals surface area contributed by atoms with Crippen LogP contribution in [0.2, 0.25) is 0 Å². The lowest BCUT2D eigenvalue weighted by molar-refractivity contribution is -0.116. The zero-order valence-corrected chi connectivity index (χ0v) is 18.9. The zero-order chi connectivity index (χ0) is 23.7. The van der Waals surface area contributed by atoms with Gasteiger partial charge >= 0.3 is 6.09 Å². The first kappa shape index (κ1) is 24.5. The lowest BCUT2D eigenvalue weighted by Crippen LogP contribution is -2.37. The maximum atomic E-state index is 12.6. The molecule has 0 saturated heterocycles. The summed E-state index contributed by atoms with van der Waals surface area (Å²) in [5.74, 6) is 0.371. The van der Waals surface area contributed by atoms with E-state index < -0.39 is 17.6 Å². The second kappa shape index (κ2) is 11.0. The predicted octanol–water partition coefficient (Wildman–Crippen LogP) is 3.35. The number of carbonyl (C=O) groups is 3. The maximum absolute atomic E-state index is 12.6. The number of carbonyl (C=O) groups excluding carboxylic acids is 3. The molecule has 2 aromatic rings. The van der Waals surface area contributed by atoms with Crippen molar-refractivity contribution in [2.45, 2.75) is 32.8 Å². The second-order valence-electron chi connectivity index (χ2n) is 7.86. The highest BCUT2D eigenvalue weighted by Crippen LogP contribution is 2.28. The van der Waals surface area contributed by atoms with Crippen LogP contribution in [0.25, 0.3) is 0 Å². The fraction of sp³-hybridized carbons (Fsp3) is 0.348. The van der Waals surface area contributed by atoms with Crippen LogP contribution < -0.4 is 25.4 Å². The third-order valence-electron chi connectivity index (χ3n) is 4.08. The summed E-state index contributed by atoms with van der Waals surface area (Å²) in [5, 5.41) is 7.85. The third-order valence-corrected chi connectivity index (χ3v) is 4.08. The van der Waals surface area contributed by atoms with Gasteiger partial charge in [0.1, 0.15) is 12.1 Å². The van der Waals surface area contributed by atoms with E-state index >= 15 is 0 Å². The van der Waals surface area contributed by atoms with Gasteiger partial charge in [-0.15, -0.1) is 0 Å². The Labute approximate surface area is 187 Å². The molecule has 0 aliphatic carbocycles. The number of anilines is 2. The fourth-order valence-corrected chi connectivity index (χ4v) is 2.73. The van der Waals surface area contributed by atoms with Crippen LogP contribution in [0.5, 0.6) is 11.5 Å². The third kappa shape index (κ3) is 7.82. The number of hydrogen-bond acceptors (Lipinski definition) is 6. The number of benzene rings is 2. The second-order valence-corrected chi connectivity index (χ2v) is 7.86. The molecule has 32 heavy (non-hydrogen) atoms. The molecule has 0 radical (unpaired) electrons. The quantitative estimate of drug-likeness (QED) is 0.576. The first-order valence-electron chi connectivity index (χ1n) is 9.97. The summed E-state index contributed by atoms with van der Waals surface area (Å²) in [4.78, 5) is 36.5. The minimum absolute atomic E-state index is 0.100. The largest absolute Gasteiger partial charge is 0.493 e. The van der Waals surface area contributed by atoms with Crippen molar-refractivity contribution in [1.29, 1.82) is 0 Å². The lowest BCUT2D eigenvalue weighted by atomic mass is 10.1. The predicted molar refractivity (Wildman–Crippen MR) is 121 cm³/mol. The molecule has 9 heteroatoms. The molecule has 2 rings (SSSR count). The van der Waals surface area contributed by atoms with Gasteiger partial charge in [0.15, 0.2) is 11.5 Å². The van der Waals surface area contributed by atoms with Crippen LogP contribution in [0.3, 0.4) is 0 Å². The van der Waals surface area contributed by atoms with Gasteiger partial charge in [-0.25, -0.2) is 4.79 Å². The summed E-state index contributed by atoms with van der Waals surface area (Å²) < 4.78 is 15.6. The van der Waals surface area contributed by atoms with Crippen LogP contribution in [0.15, 0.2) is 42.5 Å². The van der Waals surface area contributed by atoms with Crippen LogP contribution in [0.4, 0.5) is 16.2 Å². The highest BCUT2D eigenvalue weighted by Gasteiger charge is 2.17. The van der Waals surface area contributed by atoms with Crippen molar-refractivity contribution < 1.29 is 28.6 Å². The molecule has 0 heterocycles. The van der Waals surface area contributed by atoms with Crippen LogP contribution >= 0.6 is 0 Å². The lowest BCUT2D eigenvalue weighted by Gasteiger charge is -2.19. The van der Waals surface area contributed by atoms with E-state index in [1.807, 2.05) is 0 Å². The van der Waals surface area contributed by atoms with Crippen molar-refractivity contribution in [2.75, 3.05) is 31.4 Å². The van der Waals surface area contributed by atoms with Crippen LogP contribution in [0, 0.1) is 0 Å². The van der Waals surface area contributed by atoms with E-state index in [2.05, 4.69) is 16.0 Å². The average molecular weight is 444 g/mol. The Hall–Kier alpha value is -3.75. The van der Waals surface area contributed by atoms with E-state index in [1.54, 1.807) is 70.3 Å². The van der Waals surface area contributed by atoms with Crippen LogP contribution in [0.1, 0.15) is 26.3 Å². The Morgan fingerprint density at radius 3 is 2.00 bits per heavy atom. The minimum Gasteiger partial charge on any atom is -0.493 e. The van der Waals surface area contributed by atoms with Gasteiger partial charge in [-0.3, -0.25) is 9.59 Å². The summed E-state index contributed by atoms with van der Waals surface area (Å²) in [7, 11) is 3.07. The minimum atomic E-state index is -0.691. The molecule has 0 bridgehead atoms. The first-order chi connectivity index (χ1) is 15.1. The smallest absolute Gasteiger partial charge is 0.408 e. The normalized spacial score (nSPS) is 10.7. The van der Waals surface area contributed by atoms with E-state index in [-0.39, 0.29) is 18.9 Å². The summed E-state index contributed by atoms with van der Waals surface area (Å²) in [6, 6.07) is 12.0. The molecule has 0 saturated carbocycles. The van der Waals surface area contributed by atoms with Gasteiger partial charge in [-0.05, 0) is 50.6 Å². The molecule has 0 atom stereocenters. The van der Waals surface area contributed by atoms with E-state index in [9.17, 15) is 14.4 Å². The summed E-state index contributed by atoms with van der Waals surface area (Å²) in [5.41, 5.74) is 0.918. The SMILES string of the molecule is COc1ccc(CC(=O)Nc2ccccc2NC(=O)CNC(=O)OC(C)(C)C)cc1OC. The number of amides is 3. The number of ether oxygens (including phenoxy) is 3. The van der Waals surface area contributed by atoms with Gasteiger partial charge in [0.25, 0.3) is 0 Å². The highest BCUT2D eigenvalue weighted by molar-refractivity contribution is 6.01. The molecular formula is C23H29N3O6. The standard InChI is InChI=1S/C23H29N3O6/c1-23(2,3)32-22(29)24-14-21(28)26-17-9-7-6-8-16(17)25-20(27)13-15-10-11-18(30-4)19(12-15)31-5/h6-12H,13-14H2,1-5H3,(H,24,29)(H,25,27)(H,26,28). The number of alkyl carbamates (subject to hydrolysis) is 1. The van der Waals surface area contributed by atoms with E-state index in [0.717, 1.165) is 5.56 Å². The van der Waals surface area contributed by atoms with Crippen molar-refractivity contribution in [3.8, 4) is 11.5 Å². The van der Waals surface area contributed by atoms with Gasteiger partial charge in [-0.2, -0.15) is 0 Å². The van der Waals surface area contributed by atoms with E-state index in [1.165, 1.54) is 7.11 Å². The topological polar surface area (TPSA) is 115 Å². The Bertz CT molecular complexity index is 968. The molecule has 0 unspecified atom stereocenters. The van der Waals surface area contributed by atoms with Crippen molar-refractivity contribution in [2.24, 2.45) is 0 Å². The molecular weight excluding hydrogens is 414 g/mol. The molecule has 3 N–H and O–H groups in total. The molecule has 0 aliphatic heterocycles. The van der Waals surface area contributed by atoms with Crippen molar-refractivity contribution in [1.82, 2.24) is 5.32 Å². The van der Waals surface area contributed by atoms with E-state index in [4.69, 9.17) is 14.2 Å². The summed E-state index contributed by atoms with van der Waals surface area (Å²) >= 11 is 0. The molecule has 2 aromatic carbocycles. The zero-order valence-electron chi connectivity index (χ0n) is 18.9. The van der Waals surface area contributed by atoms with Crippen LogP contribution in [-0.4, -0.2) is 44.3 Å². The Kier molecular flexibility index (Phi) is 8.46. The molecule has 9 nitrogen and oxygen atoms in total. The van der Waals surface area contributed by atoms with Gasteiger partial charge in [0.2, 0.25) is 11.8 Å². The van der Waals surface area contributed by atoms with Gasteiger partial charge in [0.05, 0.1) is 32.0 Å². The fourth-order valence-electron chi connectivity index (χ4n) is 2.73. The molecule has 0 spiro atoms. The summed E-state index contributed by atoms with van der Waals surface area (Å²) in [6.45, 7) is 4.91. The molecule has 0 aliphatic rings. The molecule has 172 valence electrons. The molecule has 0 aromatic heterocycles. The Balaban J connectivity index is 1.97. The number of hydrogen-bond donors (Lipinski definition) is 3. The van der Waals surface area contributed by atoms with Crippen molar-refractivity contribution in [3.63, 3.8) is 0 Å². The summed E-state index contributed by atoms with van der Waals surface area (Å²) in [6.07, 6.45) is -0.591. The van der Waals surface area contributed by atoms with E-state index in [0.29, 0.717) is 22.9 Å². The molecule has 3 amide bonds. The number of rotatable bonds is 8. The number of para-hydroxylation sites is 2. The monoisotopic (exact) mass is 443 g/mol. The average Bonchev–Trinajstić information content (AvgIpc) is 2.72. The van der Waals surface area contributed by atoms with Crippen molar-refractivity contribution >= 4 is 29.3 Å². The van der Waals surface area contributed by atoms with Gasteiger partial charge < -0.3 is 30.2 Å². The molecule has 0 fully saturated rings. The maximum Gasteiger partial charge on any atom is 0.408 e. The Morgan fingerprint density at radius 1 is 0.844 bits per heavy atom. The van der Waals surface area contributed by atoms with Gasteiger partial charge in [0, 0.05) is 0 Å². The Morgan fingerprint density at radius 2 is 1.44 bits per heavy atom. The first-order valence-corrected chi connectivity index (χ1v) is 9.97. The highest BCUT2D eigenvalue weighted by atomic mass is 16.6. The van der Waals surface area contributed by atoms with Crippen molar-refractivity contribution in [3.05, 3.63) is 48.0 Å². The number of nitrogens with one attached hydrogen (secondary N) is 3. The van der Waals surface area contributed by atoms with Gasteiger partial charge in [-0.1, -0.05) is 18.2 Å². The number of methoxy groups -OCH3 is 2. The van der Waals surface area contributed by atoms with Crippen LogP contribution in [-0.2, 0) is 20.7 Å².